The first kappa shape index (κ1) is 19.9. The van der Waals surface area contributed by atoms with Crippen LogP contribution in [0, 0.1) is 11.8 Å². The minimum atomic E-state index is -0.706. The van der Waals surface area contributed by atoms with Gasteiger partial charge in [0.15, 0.2) is 5.12 Å². The summed E-state index contributed by atoms with van der Waals surface area (Å²) in [5, 5.41) is -0.145. The van der Waals surface area contributed by atoms with Crippen LogP contribution in [0.5, 0.6) is 0 Å². The largest absolute Gasteiger partial charge is 0.466 e. The number of hydrogen-bond donors (Lipinski definition) is 0. The van der Waals surface area contributed by atoms with Gasteiger partial charge in [-0.1, -0.05) is 41.0 Å². The van der Waals surface area contributed by atoms with Crippen molar-refractivity contribution in [2.45, 2.75) is 38.0 Å². The average Bonchev–Trinajstić information content (AvgIpc) is 2.53. The molecule has 1 aromatic rings. The number of rotatable bonds is 9. The molecule has 6 heteroatoms. The van der Waals surface area contributed by atoms with Crippen LogP contribution < -0.4 is 0 Å². The summed E-state index contributed by atoms with van der Waals surface area (Å²) in [5.41, 5.74) is 0. The maximum atomic E-state index is 12.3. The SMILES string of the molecule is CCC[C@H](C=O)[C@@H](CC(=O)Sc1ccc(Br)cc1)C(=O)OCC. The zero-order valence-corrected chi connectivity index (χ0v) is 15.7. The molecule has 1 rings (SSSR count). The van der Waals surface area contributed by atoms with Gasteiger partial charge >= 0.3 is 5.97 Å². The number of hydrogen-bond acceptors (Lipinski definition) is 5. The van der Waals surface area contributed by atoms with Crippen molar-refractivity contribution in [3.63, 3.8) is 0 Å². The van der Waals surface area contributed by atoms with Gasteiger partial charge in [0.05, 0.1) is 12.5 Å². The Morgan fingerprint density at radius 3 is 2.43 bits per heavy atom. The van der Waals surface area contributed by atoms with Crippen molar-refractivity contribution in [1.82, 2.24) is 0 Å². The molecule has 0 aromatic heterocycles. The normalized spacial score (nSPS) is 13.2. The maximum absolute atomic E-state index is 12.3. The second kappa shape index (κ2) is 10.6. The zero-order valence-electron chi connectivity index (χ0n) is 13.3. The molecule has 4 nitrogen and oxygen atoms in total. The van der Waals surface area contributed by atoms with Gasteiger partial charge in [0, 0.05) is 21.7 Å². The van der Waals surface area contributed by atoms with E-state index in [-0.39, 0.29) is 18.1 Å². The van der Waals surface area contributed by atoms with Crippen LogP contribution in [0.2, 0.25) is 0 Å². The third-order valence-electron chi connectivity index (χ3n) is 3.33. The Labute approximate surface area is 149 Å². The summed E-state index contributed by atoms with van der Waals surface area (Å²) in [4.78, 5) is 36.5. The van der Waals surface area contributed by atoms with E-state index in [4.69, 9.17) is 4.74 Å². The first-order valence-electron chi connectivity index (χ1n) is 7.59. The molecule has 0 amide bonds. The summed E-state index contributed by atoms with van der Waals surface area (Å²) in [6.07, 6.45) is 2.11. The lowest BCUT2D eigenvalue weighted by atomic mass is 9.87. The van der Waals surface area contributed by atoms with E-state index in [9.17, 15) is 14.4 Å². The molecule has 0 aliphatic carbocycles. The Kier molecular flexibility index (Phi) is 9.17. The smallest absolute Gasteiger partial charge is 0.310 e. The van der Waals surface area contributed by atoms with E-state index in [0.29, 0.717) is 6.42 Å². The highest BCUT2D eigenvalue weighted by Crippen LogP contribution is 2.28. The molecule has 0 radical (unpaired) electrons. The van der Waals surface area contributed by atoms with Crippen LogP contribution in [0.25, 0.3) is 0 Å². The number of ether oxygens (including phenoxy) is 1. The summed E-state index contributed by atoms with van der Waals surface area (Å²) in [5.74, 6) is -1.65. The Hall–Kier alpha value is -1.14. The van der Waals surface area contributed by atoms with E-state index in [1.54, 1.807) is 6.92 Å². The van der Waals surface area contributed by atoms with Crippen molar-refractivity contribution in [3.05, 3.63) is 28.7 Å². The monoisotopic (exact) mass is 400 g/mol. The molecule has 0 spiro atoms. The van der Waals surface area contributed by atoms with Gasteiger partial charge in [0.1, 0.15) is 6.29 Å². The number of carbonyl (C=O) groups is 3. The zero-order chi connectivity index (χ0) is 17.2. The van der Waals surface area contributed by atoms with Crippen molar-refractivity contribution in [2.75, 3.05) is 6.61 Å². The van der Waals surface area contributed by atoms with Crippen LogP contribution in [-0.4, -0.2) is 24.0 Å². The molecule has 0 unspecified atom stereocenters. The lowest BCUT2D eigenvalue weighted by Gasteiger charge is -2.20. The minimum absolute atomic E-state index is 0.00295. The van der Waals surface area contributed by atoms with Gasteiger partial charge in [-0.05, 0) is 37.6 Å². The third kappa shape index (κ3) is 6.87. The van der Waals surface area contributed by atoms with Crippen LogP contribution in [0.3, 0.4) is 0 Å². The van der Waals surface area contributed by atoms with Crippen molar-refractivity contribution < 1.29 is 19.1 Å². The molecular weight excluding hydrogens is 380 g/mol. The summed E-state index contributed by atoms with van der Waals surface area (Å²) < 4.78 is 5.97. The molecule has 23 heavy (non-hydrogen) atoms. The summed E-state index contributed by atoms with van der Waals surface area (Å²) in [7, 11) is 0. The Balaban J connectivity index is 2.77. The van der Waals surface area contributed by atoms with Crippen LogP contribution in [0.15, 0.2) is 33.6 Å². The van der Waals surface area contributed by atoms with E-state index in [1.165, 1.54) is 0 Å². The molecule has 1 aromatic carbocycles. The number of aldehydes is 1. The quantitative estimate of drug-likeness (QED) is 0.352. The fourth-order valence-corrected chi connectivity index (χ4v) is 3.27. The van der Waals surface area contributed by atoms with E-state index in [0.717, 1.165) is 33.8 Å². The standard InChI is InChI=1S/C17H21BrO4S/c1-3-5-12(11-19)15(17(21)22-4-2)10-16(20)23-14-8-6-13(18)7-9-14/h6-9,11-12,15H,3-5,10H2,1-2H3/t12-,15-/m1/s1. The Morgan fingerprint density at radius 2 is 1.91 bits per heavy atom. The number of benzene rings is 1. The van der Waals surface area contributed by atoms with Gasteiger partial charge in [-0.25, -0.2) is 0 Å². The van der Waals surface area contributed by atoms with Crippen molar-refractivity contribution >= 4 is 45.1 Å². The molecule has 2 atom stereocenters. The Bertz CT molecular complexity index is 530. The van der Waals surface area contributed by atoms with Gasteiger partial charge in [-0.2, -0.15) is 0 Å². The molecule has 126 valence electrons. The maximum Gasteiger partial charge on any atom is 0.310 e. The van der Waals surface area contributed by atoms with Crippen LogP contribution >= 0.6 is 27.7 Å². The summed E-state index contributed by atoms with van der Waals surface area (Å²) >= 11 is 4.42. The molecule has 0 saturated carbocycles. The summed E-state index contributed by atoms with van der Waals surface area (Å²) in [6, 6.07) is 7.36. The Morgan fingerprint density at radius 1 is 1.26 bits per heavy atom. The van der Waals surface area contributed by atoms with Gasteiger partial charge in [-0.3, -0.25) is 9.59 Å². The first-order chi connectivity index (χ1) is 11.0. The summed E-state index contributed by atoms with van der Waals surface area (Å²) in [6.45, 7) is 3.89. The van der Waals surface area contributed by atoms with E-state index in [1.807, 2.05) is 31.2 Å². The number of carbonyl (C=O) groups excluding carboxylic acids is 3. The van der Waals surface area contributed by atoms with Gasteiger partial charge in [0.25, 0.3) is 0 Å². The molecular formula is C17H21BrO4S. The number of thioether (sulfide) groups is 1. The van der Waals surface area contributed by atoms with E-state index >= 15 is 0 Å². The number of esters is 1. The lowest BCUT2D eigenvalue weighted by Crippen LogP contribution is -2.28. The minimum Gasteiger partial charge on any atom is -0.466 e. The average molecular weight is 401 g/mol. The van der Waals surface area contributed by atoms with Gasteiger partial charge < -0.3 is 9.53 Å². The molecule has 0 aliphatic rings. The van der Waals surface area contributed by atoms with Gasteiger partial charge in [0.2, 0.25) is 0 Å². The lowest BCUT2D eigenvalue weighted by molar-refractivity contribution is -0.152. The second-order valence-corrected chi connectivity index (χ2v) is 7.13. The molecule has 0 N–H and O–H groups in total. The van der Waals surface area contributed by atoms with E-state index < -0.39 is 17.8 Å². The van der Waals surface area contributed by atoms with Crippen molar-refractivity contribution in [1.29, 1.82) is 0 Å². The third-order valence-corrected chi connectivity index (χ3v) is 4.77. The predicted octanol–water partition coefficient (Wildman–Crippen LogP) is 4.25. The van der Waals surface area contributed by atoms with E-state index in [2.05, 4.69) is 15.9 Å². The highest BCUT2D eigenvalue weighted by atomic mass is 79.9. The van der Waals surface area contributed by atoms with Crippen molar-refractivity contribution in [3.8, 4) is 0 Å². The second-order valence-electron chi connectivity index (χ2n) is 5.08. The van der Waals surface area contributed by atoms with Crippen LogP contribution in [0.4, 0.5) is 0 Å². The van der Waals surface area contributed by atoms with Crippen LogP contribution in [-0.2, 0) is 19.1 Å². The molecule has 0 fully saturated rings. The predicted molar refractivity (Wildman–Crippen MR) is 94.2 cm³/mol. The molecule has 0 bridgehead atoms. The molecule has 0 aliphatic heterocycles. The van der Waals surface area contributed by atoms with Crippen molar-refractivity contribution in [2.24, 2.45) is 11.8 Å². The molecule has 0 heterocycles. The van der Waals surface area contributed by atoms with Crippen LogP contribution in [0.1, 0.15) is 33.1 Å². The van der Waals surface area contributed by atoms with Gasteiger partial charge in [-0.15, -0.1) is 0 Å². The first-order valence-corrected chi connectivity index (χ1v) is 9.20. The number of halogens is 1. The molecule has 0 saturated heterocycles. The highest BCUT2D eigenvalue weighted by molar-refractivity contribution is 9.10. The fraction of sp³-hybridized carbons (Fsp3) is 0.471. The highest BCUT2D eigenvalue weighted by Gasteiger charge is 2.31. The topological polar surface area (TPSA) is 60.4 Å². The fourth-order valence-electron chi connectivity index (χ4n) is 2.21.